The van der Waals surface area contributed by atoms with Crippen molar-refractivity contribution < 1.29 is 13.9 Å². The van der Waals surface area contributed by atoms with Gasteiger partial charge in [0.15, 0.2) is 17.5 Å². The lowest BCUT2D eigenvalue weighted by atomic mass is 9.94. The van der Waals surface area contributed by atoms with Crippen molar-refractivity contribution in [3.05, 3.63) is 41.6 Å². The summed E-state index contributed by atoms with van der Waals surface area (Å²) in [4.78, 5) is 8.59. The number of halogens is 1. The Morgan fingerprint density at radius 3 is 2.40 bits per heavy atom. The molecular weight excluding hydrogens is 495 g/mol. The molecule has 0 amide bonds. The molecule has 0 saturated carbocycles. The molecule has 0 aliphatic heterocycles. The summed E-state index contributed by atoms with van der Waals surface area (Å²) in [6.45, 7) is 12.7. The number of oxazole rings is 1. The molecule has 8 heteroatoms. The van der Waals surface area contributed by atoms with E-state index < -0.39 is 0 Å². The van der Waals surface area contributed by atoms with Crippen molar-refractivity contribution in [1.82, 2.24) is 15.6 Å². The first-order valence-electron chi connectivity index (χ1n) is 10.2. The van der Waals surface area contributed by atoms with E-state index in [2.05, 4.69) is 47.4 Å². The highest BCUT2D eigenvalue weighted by atomic mass is 127. The minimum Gasteiger partial charge on any atom is -0.490 e. The number of aromatic nitrogens is 1. The van der Waals surface area contributed by atoms with Crippen molar-refractivity contribution in [1.29, 1.82) is 0 Å². The van der Waals surface area contributed by atoms with Gasteiger partial charge in [-0.15, -0.1) is 24.0 Å². The maximum absolute atomic E-state index is 5.80. The van der Waals surface area contributed by atoms with E-state index in [1.165, 1.54) is 5.56 Å². The van der Waals surface area contributed by atoms with Gasteiger partial charge in [-0.05, 0) is 38.0 Å². The fourth-order valence-electron chi connectivity index (χ4n) is 2.69. The molecule has 0 bridgehead atoms. The number of benzene rings is 1. The summed E-state index contributed by atoms with van der Waals surface area (Å²) in [5, 5.41) is 6.55. The Morgan fingerprint density at radius 2 is 1.80 bits per heavy atom. The minimum absolute atomic E-state index is 0. The second-order valence-corrected chi connectivity index (χ2v) is 7.62. The van der Waals surface area contributed by atoms with Gasteiger partial charge >= 0.3 is 0 Å². The van der Waals surface area contributed by atoms with E-state index >= 15 is 0 Å². The van der Waals surface area contributed by atoms with Crippen LogP contribution in [0.5, 0.6) is 11.5 Å². The van der Waals surface area contributed by atoms with Crippen LogP contribution in [0.15, 0.2) is 33.8 Å². The number of nitrogens with one attached hydrogen (secondary N) is 2. The van der Waals surface area contributed by atoms with Crippen LogP contribution >= 0.6 is 24.0 Å². The molecule has 0 aliphatic carbocycles. The first-order valence-corrected chi connectivity index (χ1v) is 10.2. The summed E-state index contributed by atoms with van der Waals surface area (Å²) >= 11 is 0. The fraction of sp³-hybridized carbons (Fsp3) is 0.545. The molecular formula is C22H35IN4O3. The van der Waals surface area contributed by atoms with Gasteiger partial charge in [-0.2, -0.15) is 0 Å². The lowest BCUT2D eigenvalue weighted by molar-refractivity contribution is 0.287. The number of nitrogens with zero attached hydrogens (tertiary/aromatic N) is 2. The average Bonchev–Trinajstić information content (AvgIpc) is 3.16. The third kappa shape index (κ3) is 8.04. The number of aliphatic imine (C=N–C) groups is 1. The maximum atomic E-state index is 5.80. The molecule has 1 heterocycles. The van der Waals surface area contributed by atoms with Gasteiger partial charge in [0.05, 0.1) is 26.0 Å². The molecule has 0 spiro atoms. The molecule has 0 atom stereocenters. The molecule has 30 heavy (non-hydrogen) atoms. The zero-order chi connectivity index (χ0) is 21.3. The van der Waals surface area contributed by atoms with Crippen LogP contribution in [-0.2, 0) is 18.4 Å². The quantitative estimate of drug-likeness (QED) is 0.286. The zero-order valence-corrected chi connectivity index (χ0v) is 21.2. The molecule has 0 radical (unpaired) electrons. The molecule has 0 unspecified atom stereocenters. The molecule has 7 nitrogen and oxygen atoms in total. The largest absolute Gasteiger partial charge is 0.490 e. The number of hydrogen-bond acceptors (Lipinski definition) is 5. The predicted molar refractivity (Wildman–Crippen MR) is 131 cm³/mol. The Balaban J connectivity index is 0.00000450. The third-order valence-electron chi connectivity index (χ3n) is 4.24. The monoisotopic (exact) mass is 530 g/mol. The summed E-state index contributed by atoms with van der Waals surface area (Å²) < 4.78 is 17.1. The van der Waals surface area contributed by atoms with Crippen LogP contribution < -0.4 is 20.1 Å². The van der Waals surface area contributed by atoms with E-state index in [-0.39, 0.29) is 29.4 Å². The molecule has 0 fully saturated rings. The van der Waals surface area contributed by atoms with Gasteiger partial charge in [-0.25, -0.2) is 4.98 Å². The SMILES string of the molecule is CCOc1ccc(CCNC(=NC)NCc2ncc(C(C)(C)C)o2)cc1OCC.I. The first kappa shape index (κ1) is 26.1. The van der Waals surface area contributed by atoms with E-state index in [1.54, 1.807) is 13.2 Å². The smallest absolute Gasteiger partial charge is 0.213 e. The highest BCUT2D eigenvalue weighted by Crippen LogP contribution is 2.28. The Kier molecular flexibility index (Phi) is 11.0. The lowest BCUT2D eigenvalue weighted by Gasteiger charge is -2.14. The minimum atomic E-state index is -0.0523. The van der Waals surface area contributed by atoms with Crippen LogP contribution in [0.25, 0.3) is 0 Å². The lowest BCUT2D eigenvalue weighted by Crippen LogP contribution is -2.37. The summed E-state index contributed by atoms with van der Waals surface area (Å²) in [6, 6.07) is 6.06. The number of guanidine groups is 1. The summed E-state index contributed by atoms with van der Waals surface area (Å²) in [7, 11) is 1.75. The molecule has 1 aromatic heterocycles. The van der Waals surface area contributed by atoms with Gasteiger partial charge in [0.2, 0.25) is 5.89 Å². The second kappa shape index (κ2) is 12.7. The zero-order valence-electron chi connectivity index (χ0n) is 18.9. The topological polar surface area (TPSA) is 80.9 Å². The van der Waals surface area contributed by atoms with Gasteiger partial charge in [-0.1, -0.05) is 26.8 Å². The Bertz CT molecular complexity index is 800. The van der Waals surface area contributed by atoms with Crippen LogP contribution in [0.1, 0.15) is 51.8 Å². The molecule has 0 saturated heterocycles. The maximum Gasteiger partial charge on any atom is 0.213 e. The van der Waals surface area contributed by atoms with Crippen LogP contribution in [0.2, 0.25) is 0 Å². The average molecular weight is 530 g/mol. The van der Waals surface area contributed by atoms with E-state index in [1.807, 2.05) is 26.0 Å². The van der Waals surface area contributed by atoms with Crippen molar-refractivity contribution in [2.45, 2.75) is 53.0 Å². The van der Waals surface area contributed by atoms with E-state index in [4.69, 9.17) is 13.9 Å². The van der Waals surface area contributed by atoms with Crippen molar-refractivity contribution in [3.8, 4) is 11.5 Å². The second-order valence-electron chi connectivity index (χ2n) is 7.62. The molecule has 168 valence electrons. The van der Waals surface area contributed by atoms with E-state index in [0.717, 1.165) is 30.2 Å². The number of hydrogen-bond donors (Lipinski definition) is 2. The molecule has 1 aromatic carbocycles. The molecule has 2 aromatic rings. The van der Waals surface area contributed by atoms with Gasteiger partial charge in [0, 0.05) is 19.0 Å². The van der Waals surface area contributed by atoms with Crippen molar-refractivity contribution in [3.63, 3.8) is 0 Å². The van der Waals surface area contributed by atoms with Gasteiger partial charge in [0.25, 0.3) is 0 Å². The van der Waals surface area contributed by atoms with Crippen LogP contribution in [-0.4, -0.2) is 37.7 Å². The highest BCUT2D eigenvalue weighted by molar-refractivity contribution is 14.0. The van der Waals surface area contributed by atoms with Crippen molar-refractivity contribution >= 4 is 29.9 Å². The van der Waals surface area contributed by atoms with Crippen molar-refractivity contribution in [2.24, 2.45) is 4.99 Å². The number of rotatable bonds is 9. The standard InChI is InChI=1S/C22H34N4O3.HI/c1-7-27-17-10-9-16(13-18(17)28-8-2)11-12-24-21(23-6)26-15-20-25-14-19(29-20)22(3,4)5;/h9-10,13-14H,7-8,11-12,15H2,1-6H3,(H2,23,24,26);1H. The molecule has 2 N–H and O–H groups in total. The van der Waals surface area contributed by atoms with Gasteiger partial charge in [0.1, 0.15) is 5.76 Å². The normalized spacial score (nSPS) is 11.6. The summed E-state index contributed by atoms with van der Waals surface area (Å²) in [5.41, 5.74) is 1.12. The highest BCUT2D eigenvalue weighted by Gasteiger charge is 2.19. The van der Waals surface area contributed by atoms with Gasteiger partial charge in [-0.3, -0.25) is 4.99 Å². The summed E-state index contributed by atoms with van der Waals surface area (Å²) in [6.07, 6.45) is 2.62. The predicted octanol–water partition coefficient (Wildman–Crippen LogP) is 4.30. The molecule has 2 rings (SSSR count). The van der Waals surface area contributed by atoms with Gasteiger partial charge < -0.3 is 24.5 Å². The van der Waals surface area contributed by atoms with E-state index in [0.29, 0.717) is 31.6 Å². The first-order chi connectivity index (χ1) is 13.9. The fourth-order valence-corrected chi connectivity index (χ4v) is 2.69. The van der Waals surface area contributed by atoms with Crippen LogP contribution in [0.3, 0.4) is 0 Å². The summed E-state index contributed by atoms with van der Waals surface area (Å²) in [5.74, 6) is 3.79. The third-order valence-corrected chi connectivity index (χ3v) is 4.24. The number of ether oxygens (including phenoxy) is 2. The Morgan fingerprint density at radius 1 is 1.10 bits per heavy atom. The molecule has 0 aliphatic rings. The van der Waals surface area contributed by atoms with Crippen LogP contribution in [0.4, 0.5) is 0 Å². The van der Waals surface area contributed by atoms with Crippen LogP contribution in [0, 0.1) is 0 Å². The van der Waals surface area contributed by atoms with Crippen molar-refractivity contribution in [2.75, 3.05) is 26.8 Å². The Hall–Kier alpha value is -1.97. The van der Waals surface area contributed by atoms with E-state index in [9.17, 15) is 0 Å². The Labute approximate surface area is 197 Å².